The number of hydrogen-bond donors (Lipinski definition) is 1. The van der Waals surface area contributed by atoms with Crippen molar-refractivity contribution in [3.63, 3.8) is 0 Å². The molecule has 2 rings (SSSR count). The first kappa shape index (κ1) is 13.2. The number of anilines is 1. The van der Waals surface area contributed by atoms with Gasteiger partial charge in [-0.05, 0) is 58.0 Å². The van der Waals surface area contributed by atoms with Gasteiger partial charge in [-0.25, -0.2) is 0 Å². The van der Waals surface area contributed by atoms with E-state index >= 15 is 0 Å². The van der Waals surface area contributed by atoms with E-state index < -0.39 is 0 Å². The summed E-state index contributed by atoms with van der Waals surface area (Å²) in [5, 5.41) is 3.49. The second kappa shape index (κ2) is 6.10. The highest BCUT2D eigenvalue weighted by molar-refractivity contribution is 5.51. The fourth-order valence-corrected chi connectivity index (χ4v) is 2.68. The Labute approximate surface area is 110 Å². The molecule has 100 valence electrons. The number of ether oxygens (including phenoxy) is 1. The van der Waals surface area contributed by atoms with Gasteiger partial charge >= 0.3 is 0 Å². The molecule has 0 aliphatic carbocycles. The molecular formula is C15H24N2O. The van der Waals surface area contributed by atoms with Crippen molar-refractivity contribution in [3.8, 4) is 5.75 Å². The molecule has 1 aliphatic heterocycles. The zero-order chi connectivity index (χ0) is 13.0. The van der Waals surface area contributed by atoms with Crippen molar-refractivity contribution in [2.45, 2.75) is 39.3 Å². The molecule has 0 radical (unpaired) electrons. The van der Waals surface area contributed by atoms with Crippen LogP contribution in [-0.4, -0.2) is 31.8 Å². The summed E-state index contributed by atoms with van der Waals surface area (Å²) in [6, 6.07) is 9.58. The van der Waals surface area contributed by atoms with Gasteiger partial charge in [0.2, 0.25) is 0 Å². The van der Waals surface area contributed by atoms with Crippen LogP contribution in [0.2, 0.25) is 0 Å². The minimum atomic E-state index is 0.528. The number of nitrogens with zero attached hydrogens (tertiary/aromatic N) is 1. The topological polar surface area (TPSA) is 24.5 Å². The molecule has 3 nitrogen and oxygen atoms in total. The monoisotopic (exact) mass is 248 g/mol. The predicted octanol–water partition coefficient (Wildman–Crippen LogP) is 2.66. The minimum Gasteiger partial charge on any atom is -0.494 e. The molecule has 1 heterocycles. The normalized spacial score (nSPS) is 24.7. The third kappa shape index (κ3) is 2.96. The number of benzene rings is 1. The third-order valence-corrected chi connectivity index (χ3v) is 3.57. The summed E-state index contributed by atoms with van der Waals surface area (Å²) in [4.78, 5) is 2.51. The molecule has 2 atom stereocenters. The minimum absolute atomic E-state index is 0.528. The molecule has 1 aromatic rings. The lowest BCUT2D eigenvalue weighted by Crippen LogP contribution is -2.41. The van der Waals surface area contributed by atoms with Crippen molar-refractivity contribution in [3.05, 3.63) is 24.3 Å². The van der Waals surface area contributed by atoms with Gasteiger partial charge in [-0.1, -0.05) is 0 Å². The van der Waals surface area contributed by atoms with Crippen LogP contribution in [0.4, 0.5) is 5.69 Å². The molecule has 0 bridgehead atoms. The van der Waals surface area contributed by atoms with Crippen LogP contribution in [0, 0.1) is 0 Å². The molecule has 1 fully saturated rings. The van der Waals surface area contributed by atoms with Gasteiger partial charge in [-0.3, -0.25) is 0 Å². The molecule has 0 amide bonds. The lowest BCUT2D eigenvalue weighted by molar-refractivity contribution is 0.340. The van der Waals surface area contributed by atoms with E-state index in [9.17, 15) is 0 Å². The molecule has 1 aliphatic rings. The van der Waals surface area contributed by atoms with Gasteiger partial charge in [-0.15, -0.1) is 0 Å². The molecule has 2 unspecified atom stereocenters. The van der Waals surface area contributed by atoms with Crippen LogP contribution in [-0.2, 0) is 0 Å². The van der Waals surface area contributed by atoms with E-state index in [1.165, 1.54) is 12.1 Å². The van der Waals surface area contributed by atoms with Crippen LogP contribution in [0.5, 0.6) is 5.75 Å². The SMILES string of the molecule is CCOc1ccc(N2C(C)CCNCC2C)cc1. The summed E-state index contributed by atoms with van der Waals surface area (Å²) in [5.74, 6) is 0.953. The Morgan fingerprint density at radius 3 is 2.61 bits per heavy atom. The fourth-order valence-electron chi connectivity index (χ4n) is 2.68. The van der Waals surface area contributed by atoms with Gasteiger partial charge in [0.25, 0.3) is 0 Å². The van der Waals surface area contributed by atoms with Crippen LogP contribution in [0.15, 0.2) is 24.3 Å². The largest absolute Gasteiger partial charge is 0.494 e. The van der Waals surface area contributed by atoms with E-state index in [4.69, 9.17) is 4.74 Å². The summed E-state index contributed by atoms with van der Waals surface area (Å²) in [5.41, 5.74) is 1.29. The summed E-state index contributed by atoms with van der Waals surface area (Å²) < 4.78 is 5.50. The average Bonchev–Trinajstić information content (AvgIpc) is 2.53. The maximum Gasteiger partial charge on any atom is 0.119 e. The molecule has 0 saturated carbocycles. The van der Waals surface area contributed by atoms with E-state index in [0.717, 1.165) is 25.4 Å². The Hall–Kier alpha value is -1.22. The highest BCUT2D eigenvalue weighted by atomic mass is 16.5. The highest BCUT2D eigenvalue weighted by Crippen LogP contribution is 2.25. The number of nitrogens with one attached hydrogen (secondary N) is 1. The van der Waals surface area contributed by atoms with Crippen LogP contribution >= 0.6 is 0 Å². The zero-order valence-electron chi connectivity index (χ0n) is 11.6. The molecule has 3 heteroatoms. The Morgan fingerprint density at radius 2 is 1.94 bits per heavy atom. The first-order chi connectivity index (χ1) is 8.72. The van der Waals surface area contributed by atoms with E-state index in [2.05, 4.69) is 48.3 Å². The summed E-state index contributed by atoms with van der Waals surface area (Å²) in [6.07, 6.45) is 1.19. The van der Waals surface area contributed by atoms with Crippen LogP contribution in [0.1, 0.15) is 27.2 Å². The Bertz CT molecular complexity index is 351. The smallest absolute Gasteiger partial charge is 0.119 e. The van der Waals surface area contributed by atoms with Crippen molar-refractivity contribution < 1.29 is 4.74 Å². The summed E-state index contributed by atoms with van der Waals surface area (Å²) in [7, 11) is 0. The van der Waals surface area contributed by atoms with E-state index in [1.54, 1.807) is 0 Å². The fraction of sp³-hybridized carbons (Fsp3) is 0.600. The van der Waals surface area contributed by atoms with Crippen LogP contribution < -0.4 is 15.0 Å². The van der Waals surface area contributed by atoms with Crippen molar-refractivity contribution in [2.75, 3.05) is 24.6 Å². The number of rotatable bonds is 3. The first-order valence-electron chi connectivity index (χ1n) is 6.94. The standard InChI is InChI=1S/C15H24N2O/c1-4-18-15-7-5-14(6-8-15)17-12(2)9-10-16-11-13(17)3/h5-8,12-13,16H,4,9-11H2,1-3H3. The average molecular weight is 248 g/mol. The highest BCUT2D eigenvalue weighted by Gasteiger charge is 2.22. The second-order valence-electron chi connectivity index (χ2n) is 5.03. The Kier molecular flexibility index (Phi) is 4.48. The van der Waals surface area contributed by atoms with Crippen LogP contribution in [0.25, 0.3) is 0 Å². The quantitative estimate of drug-likeness (QED) is 0.890. The molecule has 0 spiro atoms. The molecule has 18 heavy (non-hydrogen) atoms. The molecule has 1 aromatic carbocycles. The zero-order valence-corrected chi connectivity index (χ0v) is 11.6. The maximum atomic E-state index is 5.50. The summed E-state index contributed by atoms with van der Waals surface area (Å²) in [6.45, 7) is 9.49. The third-order valence-electron chi connectivity index (χ3n) is 3.57. The lowest BCUT2D eigenvalue weighted by Gasteiger charge is -2.34. The van der Waals surface area contributed by atoms with Gasteiger partial charge in [0.05, 0.1) is 6.61 Å². The molecule has 1 saturated heterocycles. The van der Waals surface area contributed by atoms with Crippen molar-refractivity contribution in [1.29, 1.82) is 0 Å². The van der Waals surface area contributed by atoms with E-state index in [1.807, 2.05) is 6.92 Å². The lowest BCUT2D eigenvalue weighted by atomic mass is 10.1. The van der Waals surface area contributed by atoms with E-state index in [-0.39, 0.29) is 0 Å². The Morgan fingerprint density at radius 1 is 1.22 bits per heavy atom. The van der Waals surface area contributed by atoms with Crippen molar-refractivity contribution >= 4 is 5.69 Å². The maximum absolute atomic E-state index is 5.50. The molecule has 1 N–H and O–H groups in total. The van der Waals surface area contributed by atoms with Gasteiger partial charge in [-0.2, -0.15) is 0 Å². The van der Waals surface area contributed by atoms with Crippen LogP contribution in [0.3, 0.4) is 0 Å². The van der Waals surface area contributed by atoms with E-state index in [0.29, 0.717) is 12.1 Å². The predicted molar refractivity (Wildman–Crippen MR) is 76.5 cm³/mol. The number of hydrogen-bond acceptors (Lipinski definition) is 3. The Balaban J connectivity index is 2.16. The molecular weight excluding hydrogens is 224 g/mol. The second-order valence-corrected chi connectivity index (χ2v) is 5.03. The van der Waals surface area contributed by atoms with Gasteiger partial charge in [0.1, 0.15) is 5.75 Å². The van der Waals surface area contributed by atoms with Crippen molar-refractivity contribution in [2.24, 2.45) is 0 Å². The summed E-state index contributed by atoms with van der Waals surface area (Å²) >= 11 is 0. The van der Waals surface area contributed by atoms with Gasteiger partial charge < -0.3 is 15.0 Å². The van der Waals surface area contributed by atoms with Gasteiger partial charge in [0.15, 0.2) is 0 Å². The molecule has 0 aromatic heterocycles. The first-order valence-corrected chi connectivity index (χ1v) is 6.94. The van der Waals surface area contributed by atoms with Gasteiger partial charge in [0, 0.05) is 24.3 Å². The van der Waals surface area contributed by atoms with Crippen molar-refractivity contribution in [1.82, 2.24) is 5.32 Å².